The van der Waals surface area contributed by atoms with Crippen LogP contribution in [0.3, 0.4) is 0 Å². The van der Waals surface area contributed by atoms with Crippen LogP contribution in [0, 0.1) is 0 Å². The van der Waals surface area contributed by atoms with Crippen molar-refractivity contribution in [1.29, 1.82) is 0 Å². The van der Waals surface area contributed by atoms with Gasteiger partial charge in [-0.2, -0.15) is 13.2 Å². The Morgan fingerprint density at radius 1 is 1.04 bits per heavy atom. The van der Waals surface area contributed by atoms with E-state index in [4.69, 9.17) is 0 Å². The molecule has 11 heteroatoms. The zero-order chi connectivity index (χ0) is 19.4. The van der Waals surface area contributed by atoms with Crippen LogP contribution >= 0.6 is 0 Å². The molecule has 0 saturated heterocycles. The van der Waals surface area contributed by atoms with Gasteiger partial charge in [0.1, 0.15) is 10.6 Å². The number of halogens is 3. The van der Waals surface area contributed by atoms with E-state index in [0.29, 0.717) is 0 Å². The number of nitrogens with zero attached hydrogens (tertiary/aromatic N) is 3. The molecule has 4 rings (SSSR count). The third-order valence-electron chi connectivity index (χ3n) is 3.99. The number of fused-ring (bicyclic) bond motifs is 1. The molecule has 1 aliphatic heterocycles. The molecule has 0 bridgehead atoms. The first kappa shape index (κ1) is 17.2. The molecule has 1 aromatic heterocycles. The summed E-state index contributed by atoms with van der Waals surface area (Å²) >= 11 is 0. The minimum atomic E-state index is -4.56. The van der Waals surface area contributed by atoms with Gasteiger partial charge in [-0.05, 0) is 24.3 Å². The summed E-state index contributed by atoms with van der Waals surface area (Å²) in [4.78, 5) is 11.4. The molecule has 3 aromatic rings. The monoisotopic (exact) mass is 394 g/mol. The van der Waals surface area contributed by atoms with Crippen molar-refractivity contribution in [3.05, 3.63) is 59.8 Å². The molecule has 0 spiro atoms. The molecule has 1 amide bonds. The van der Waals surface area contributed by atoms with Crippen LogP contribution in [0.5, 0.6) is 0 Å². The largest absolute Gasteiger partial charge is 0.417 e. The lowest BCUT2D eigenvalue weighted by Crippen LogP contribution is -2.20. The number of hydrogen-bond acceptors (Lipinski definition) is 5. The Hall–Kier alpha value is -3.21. The number of hydrogen-bond donors (Lipinski definition) is 1. The Kier molecular flexibility index (Phi) is 3.60. The molecule has 27 heavy (non-hydrogen) atoms. The highest BCUT2D eigenvalue weighted by atomic mass is 32.2. The third-order valence-corrected chi connectivity index (χ3v) is 5.36. The van der Waals surface area contributed by atoms with Crippen LogP contribution in [0.4, 0.5) is 13.2 Å². The van der Waals surface area contributed by atoms with Gasteiger partial charge in [0.25, 0.3) is 15.9 Å². The van der Waals surface area contributed by atoms with Crippen LogP contribution < -0.4 is 4.72 Å². The standard InChI is InChI=1S/C16H9F3N4O3S/c17-16(18,19)12-4-2-1-3-10(12)13-8-23(22-20-13)9-5-6-11-14(7-9)27(25,26)21-15(11)24/h1-8H,(H,21,24). The number of sulfonamides is 1. The van der Waals surface area contributed by atoms with Crippen molar-refractivity contribution < 1.29 is 26.4 Å². The lowest BCUT2D eigenvalue weighted by atomic mass is 10.0. The Labute approximate surface area is 150 Å². The first-order valence-corrected chi connectivity index (χ1v) is 8.96. The molecule has 1 N–H and O–H groups in total. The van der Waals surface area contributed by atoms with E-state index in [1.54, 1.807) is 0 Å². The third kappa shape index (κ3) is 2.85. The van der Waals surface area contributed by atoms with E-state index < -0.39 is 27.7 Å². The van der Waals surface area contributed by atoms with Crippen LogP contribution in [0.15, 0.2) is 53.6 Å². The maximum Gasteiger partial charge on any atom is 0.417 e. The van der Waals surface area contributed by atoms with Crippen LogP contribution in [-0.4, -0.2) is 29.3 Å². The fourth-order valence-corrected chi connectivity index (χ4v) is 3.95. The molecule has 0 radical (unpaired) electrons. The molecule has 0 fully saturated rings. The number of rotatable bonds is 2. The Bertz CT molecular complexity index is 1190. The molecule has 0 unspecified atom stereocenters. The number of alkyl halides is 3. The summed E-state index contributed by atoms with van der Waals surface area (Å²) in [7, 11) is -3.97. The second kappa shape index (κ2) is 5.64. The predicted octanol–water partition coefficient (Wildman–Crippen LogP) is 2.39. The molecular weight excluding hydrogens is 385 g/mol. The molecule has 0 saturated carbocycles. The van der Waals surface area contributed by atoms with Crippen LogP contribution in [0.2, 0.25) is 0 Å². The number of carbonyl (C=O) groups is 1. The summed E-state index contributed by atoms with van der Waals surface area (Å²) in [6, 6.07) is 8.86. The summed E-state index contributed by atoms with van der Waals surface area (Å²) < 4.78 is 66.4. The van der Waals surface area contributed by atoms with Crippen molar-refractivity contribution in [2.75, 3.05) is 0 Å². The van der Waals surface area contributed by atoms with Crippen molar-refractivity contribution in [3.63, 3.8) is 0 Å². The number of nitrogens with one attached hydrogen (secondary N) is 1. The van der Waals surface area contributed by atoms with E-state index in [-0.39, 0.29) is 27.4 Å². The van der Waals surface area contributed by atoms with E-state index in [0.717, 1.165) is 10.7 Å². The van der Waals surface area contributed by atoms with Crippen LogP contribution in [-0.2, 0) is 16.2 Å². The van der Waals surface area contributed by atoms with E-state index in [2.05, 4.69) is 10.3 Å². The minimum Gasteiger partial charge on any atom is -0.268 e. The van der Waals surface area contributed by atoms with Gasteiger partial charge in [-0.15, -0.1) is 5.10 Å². The van der Waals surface area contributed by atoms with Gasteiger partial charge in [-0.25, -0.2) is 17.8 Å². The Balaban J connectivity index is 1.79. The number of aromatic nitrogens is 3. The van der Waals surface area contributed by atoms with Crippen molar-refractivity contribution in [2.24, 2.45) is 0 Å². The zero-order valence-corrected chi connectivity index (χ0v) is 14.0. The molecule has 0 atom stereocenters. The second-order valence-corrected chi connectivity index (χ2v) is 7.36. The fraction of sp³-hybridized carbons (Fsp3) is 0.0625. The second-order valence-electron chi connectivity index (χ2n) is 5.71. The number of benzene rings is 2. The molecule has 2 heterocycles. The average molecular weight is 394 g/mol. The van der Waals surface area contributed by atoms with Crippen molar-refractivity contribution in [3.8, 4) is 16.9 Å². The predicted molar refractivity (Wildman–Crippen MR) is 86.4 cm³/mol. The van der Waals surface area contributed by atoms with Crippen LogP contribution in [0.25, 0.3) is 16.9 Å². The fourth-order valence-electron chi connectivity index (χ4n) is 2.76. The first-order valence-electron chi connectivity index (χ1n) is 7.47. The molecule has 0 aliphatic carbocycles. The lowest BCUT2D eigenvalue weighted by Gasteiger charge is -2.10. The highest BCUT2D eigenvalue weighted by Gasteiger charge is 2.34. The highest BCUT2D eigenvalue weighted by Crippen LogP contribution is 2.36. The number of amides is 1. The molecular formula is C16H9F3N4O3S. The Morgan fingerprint density at radius 3 is 2.52 bits per heavy atom. The summed E-state index contributed by atoms with van der Waals surface area (Å²) in [5.74, 6) is -0.741. The quantitative estimate of drug-likeness (QED) is 0.720. The molecule has 1 aliphatic rings. The van der Waals surface area contributed by atoms with Gasteiger partial charge in [0.2, 0.25) is 0 Å². The zero-order valence-electron chi connectivity index (χ0n) is 13.2. The summed E-state index contributed by atoms with van der Waals surface area (Å²) in [6.45, 7) is 0. The molecule has 2 aromatic carbocycles. The molecule has 138 valence electrons. The van der Waals surface area contributed by atoms with E-state index >= 15 is 0 Å². The van der Waals surface area contributed by atoms with Crippen molar-refractivity contribution in [2.45, 2.75) is 11.1 Å². The van der Waals surface area contributed by atoms with Gasteiger partial charge in [-0.1, -0.05) is 23.4 Å². The van der Waals surface area contributed by atoms with Gasteiger partial charge in [0.05, 0.1) is 23.0 Å². The van der Waals surface area contributed by atoms with Crippen molar-refractivity contribution in [1.82, 2.24) is 19.7 Å². The topological polar surface area (TPSA) is 94.0 Å². The van der Waals surface area contributed by atoms with Gasteiger partial charge in [-0.3, -0.25) is 4.79 Å². The lowest BCUT2D eigenvalue weighted by molar-refractivity contribution is -0.137. The number of carbonyl (C=O) groups excluding carboxylic acids is 1. The summed E-state index contributed by atoms with van der Waals surface area (Å²) in [5, 5.41) is 7.54. The maximum atomic E-state index is 13.2. The smallest absolute Gasteiger partial charge is 0.268 e. The van der Waals surface area contributed by atoms with Gasteiger partial charge in [0.15, 0.2) is 0 Å². The van der Waals surface area contributed by atoms with Gasteiger partial charge < -0.3 is 0 Å². The maximum absolute atomic E-state index is 13.2. The van der Waals surface area contributed by atoms with Gasteiger partial charge in [0, 0.05) is 5.56 Å². The minimum absolute atomic E-state index is 0.0125. The Morgan fingerprint density at radius 2 is 1.78 bits per heavy atom. The van der Waals surface area contributed by atoms with E-state index in [1.807, 2.05) is 4.72 Å². The summed E-state index contributed by atoms with van der Waals surface area (Å²) in [5.41, 5.74) is -0.815. The van der Waals surface area contributed by atoms with Gasteiger partial charge >= 0.3 is 6.18 Å². The first-order chi connectivity index (χ1) is 12.7. The normalized spacial score (nSPS) is 15.4. The van der Waals surface area contributed by atoms with Crippen molar-refractivity contribution >= 4 is 15.9 Å². The van der Waals surface area contributed by atoms with E-state index in [9.17, 15) is 26.4 Å². The summed E-state index contributed by atoms with van der Waals surface area (Å²) in [6.07, 6.45) is -3.31. The molecule has 7 nitrogen and oxygen atoms in total. The van der Waals surface area contributed by atoms with Crippen LogP contribution in [0.1, 0.15) is 15.9 Å². The SMILES string of the molecule is O=C1NS(=O)(=O)c2cc(-n3cc(-c4ccccc4C(F)(F)F)nn3)ccc21. The average Bonchev–Trinajstić information content (AvgIpc) is 3.17. The highest BCUT2D eigenvalue weighted by molar-refractivity contribution is 7.90. The van der Waals surface area contributed by atoms with E-state index in [1.165, 1.54) is 42.6 Å².